The number of hydrogen-bond acceptors (Lipinski definition) is 11. The summed E-state index contributed by atoms with van der Waals surface area (Å²) in [5.41, 5.74) is 0.218. The Morgan fingerprint density at radius 2 is 1.82 bits per heavy atom. The highest BCUT2D eigenvalue weighted by atomic mass is 32.2. The SMILES string of the molecule is COc1ccccc1NC(=O)C(N=Nc1ccc(S(=O)(=O)CCS(=O)OOO)cc1)=C(C)O. The van der Waals surface area contributed by atoms with E-state index >= 15 is 0 Å². The van der Waals surface area contributed by atoms with Crippen LogP contribution in [0.25, 0.3) is 0 Å². The summed E-state index contributed by atoms with van der Waals surface area (Å²) in [5.74, 6) is -1.65. The molecule has 1 atom stereocenters. The molecule has 0 fully saturated rings. The number of anilines is 1. The monoisotopic (exact) mass is 499 g/mol. The molecule has 0 radical (unpaired) electrons. The number of rotatable bonds is 11. The van der Waals surface area contributed by atoms with Gasteiger partial charge in [-0.3, -0.25) is 4.79 Å². The van der Waals surface area contributed by atoms with E-state index in [-0.39, 0.29) is 22.0 Å². The second-order valence-corrected chi connectivity index (χ2v) is 9.51. The van der Waals surface area contributed by atoms with E-state index in [0.717, 1.165) is 0 Å². The van der Waals surface area contributed by atoms with Gasteiger partial charge in [-0.25, -0.2) is 17.9 Å². The van der Waals surface area contributed by atoms with Gasteiger partial charge in [-0.05, 0) is 43.3 Å². The van der Waals surface area contributed by atoms with E-state index in [1.165, 1.54) is 38.3 Å². The summed E-state index contributed by atoms with van der Waals surface area (Å²) in [7, 11) is -2.35. The highest BCUT2D eigenvalue weighted by Crippen LogP contribution is 2.25. The van der Waals surface area contributed by atoms with Crippen molar-refractivity contribution in [3.05, 3.63) is 60.0 Å². The fraction of sp³-hybridized carbons (Fsp3) is 0.211. The number of allylic oxidation sites excluding steroid dienone is 1. The van der Waals surface area contributed by atoms with Gasteiger partial charge in [-0.2, -0.15) is 5.11 Å². The van der Waals surface area contributed by atoms with E-state index in [9.17, 15) is 22.5 Å². The number of nitrogens with zero attached hydrogens (tertiary/aromatic N) is 2. The molecule has 0 aromatic heterocycles. The predicted octanol–water partition coefficient (Wildman–Crippen LogP) is 3.07. The lowest BCUT2D eigenvalue weighted by atomic mass is 10.2. The number of nitrogens with one attached hydrogen (secondary N) is 1. The number of aliphatic hydroxyl groups excluding tert-OH is 1. The summed E-state index contributed by atoms with van der Waals surface area (Å²) < 4.78 is 44.8. The first-order valence-corrected chi connectivity index (χ1v) is 12.0. The molecule has 2 aromatic carbocycles. The highest BCUT2D eigenvalue weighted by molar-refractivity contribution is 7.92. The molecule has 0 bridgehead atoms. The Hall–Kier alpha value is -3.17. The summed E-state index contributed by atoms with van der Waals surface area (Å²) in [6.45, 7) is 1.27. The number of azo groups is 1. The molecule has 12 nitrogen and oxygen atoms in total. The molecule has 3 N–H and O–H groups in total. The standard InChI is InChI=1S/C19H21N3O9S2/c1-13(23)18(19(24)20-16-5-3-4-6-17(16)29-2)22-21-14-7-9-15(10-8-14)33(27,28)12-11-32(26)31-30-25/h3-10,23,25H,11-12H2,1-2H3,(H,20,24). The molecular weight excluding hydrogens is 478 g/mol. The van der Waals surface area contributed by atoms with Crippen molar-refractivity contribution in [1.29, 1.82) is 0 Å². The molecule has 0 heterocycles. The summed E-state index contributed by atoms with van der Waals surface area (Å²) in [4.78, 5) is 12.4. The molecule has 1 amide bonds. The molecular formula is C19H21N3O9S2. The molecule has 0 saturated heterocycles. The number of carbonyl (C=O) groups excluding carboxylic acids is 1. The van der Waals surface area contributed by atoms with Crippen molar-refractivity contribution in [1.82, 2.24) is 0 Å². The number of aliphatic hydroxyl groups is 1. The van der Waals surface area contributed by atoms with Gasteiger partial charge < -0.3 is 15.2 Å². The van der Waals surface area contributed by atoms with Gasteiger partial charge in [0.1, 0.15) is 11.5 Å². The second kappa shape index (κ2) is 12.2. The molecule has 0 spiro atoms. The van der Waals surface area contributed by atoms with Crippen LogP contribution >= 0.6 is 0 Å². The zero-order chi connectivity index (χ0) is 24.4. The van der Waals surface area contributed by atoms with Gasteiger partial charge in [0.2, 0.25) is 0 Å². The topological polar surface area (TPSA) is 173 Å². The van der Waals surface area contributed by atoms with Crippen molar-refractivity contribution in [3.8, 4) is 5.75 Å². The second-order valence-electron chi connectivity index (χ2n) is 6.25. The lowest BCUT2D eigenvalue weighted by Gasteiger charge is -2.10. The fourth-order valence-corrected chi connectivity index (χ4v) is 4.75. The maximum absolute atomic E-state index is 12.5. The van der Waals surface area contributed by atoms with Crippen LogP contribution in [-0.4, -0.2) is 47.5 Å². The maximum atomic E-state index is 12.5. The first-order valence-electron chi connectivity index (χ1n) is 9.13. The normalized spacial score (nSPS) is 13.4. The fourth-order valence-electron chi connectivity index (χ4n) is 2.40. The summed E-state index contributed by atoms with van der Waals surface area (Å²) >= 11 is -2.14. The number of amides is 1. The molecule has 0 saturated carbocycles. The quantitative estimate of drug-likeness (QED) is 0.138. The lowest BCUT2D eigenvalue weighted by Crippen LogP contribution is -2.15. The van der Waals surface area contributed by atoms with Gasteiger partial charge in [0, 0.05) is 0 Å². The minimum absolute atomic E-state index is 0.0774. The Morgan fingerprint density at radius 3 is 2.42 bits per heavy atom. The van der Waals surface area contributed by atoms with Gasteiger partial charge >= 0.3 is 0 Å². The van der Waals surface area contributed by atoms with E-state index in [2.05, 4.69) is 24.9 Å². The zero-order valence-electron chi connectivity index (χ0n) is 17.5. The lowest BCUT2D eigenvalue weighted by molar-refractivity contribution is -0.434. The Balaban J connectivity index is 2.12. The molecule has 33 heavy (non-hydrogen) atoms. The maximum Gasteiger partial charge on any atom is 0.279 e. The van der Waals surface area contributed by atoms with E-state index in [1.54, 1.807) is 24.3 Å². The number of sulfone groups is 1. The molecule has 0 aliphatic rings. The van der Waals surface area contributed by atoms with Crippen molar-refractivity contribution in [2.45, 2.75) is 11.8 Å². The van der Waals surface area contributed by atoms with Crippen LogP contribution in [-0.2, 0) is 35.1 Å². The van der Waals surface area contributed by atoms with Crippen molar-refractivity contribution in [3.63, 3.8) is 0 Å². The Kier molecular flexibility index (Phi) is 9.62. The number of hydrogen-bond donors (Lipinski definition) is 3. The molecule has 0 aliphatic carbocycles. The number of para-hydroxylation sites is 2. The third-order valence-electron chi connectivity index (χ3n) is 4.00. The van der Waals surface area contributed by atoms with Crippen molar-refractivity contribution in [2.24, 2.45) is 10.2 Å². The number of methoxy groups -OCH3 is 1. The van der Waals surface area contributed by atoms with Crippen LogP contribution in [0.3, 0.4) is 0 Å². The van der Waals surface area contributed by atoms with Gasteiger partial charge in [-0.1, -0.05) is 17.2 Å². The average Bonchev–Trinajstić information content (AvgIpc) is 2.78. The van der Waals surface area contributed by atoms with E-state index in [1.807, 2.05) is 0 Å². The van der Waals surface area contributed by atoms with Crippen LogP contribution in [0.4, 0.5) is 11.4 Å². The summed E-state index contributed by atoms with van der Waals surface area (Å²) in [6.07, 6.45) is 0. The Morgan fingerprint density at radius 1 is 1.15 bits per heavy atom. The summed E-state index contributed by atoms with van der Waals surface area (Å²) in [5, 5.41) is 31.3. The number of ether oxygens (including phenoxy) is 1. The van der Waals surface area contributed by atoms with Crippen LogP contribution < -0.4 is 10.1 Å². The van der Waals surface area contributed by atoms with Crippen LogP contribution in [0.1, 0.15) is 6.92 Å². The molecule has 2 aromatic rings. The Bertz CT molecular complexity index is 1160. The molecule has 0 aliphatic heterocycles. The van der Waals surface area contributed by atoms with Crippen LogP contribution in [0.15, 0.2) is 75.1 Å². The van der Waals surface area contributed by atoms with Crippen LogP contribution in [0, 0.1) is 0 Å². The third kappa shape index (κ3) is 7.73. The van der Waals surface area contributed by atoms with Gasteiger partial charge in [0.15, 0.2) is 26.6 Å². The molecule has 14 heteroatoms. The van der Waals surface area contributed by atoms with Crippen molar-refractivity contribution >= 4 is 38.2 Å². The van der Waals surface area contributed by atoms with Gasteiger partial charge in [-0.15, -0.1) is 9.45 Å². The minimum atomic E-state index is -3.80. The largest absolute Gasteiger partial charge is 0.510 e. The minimum Gasteiger partial charge on any atom is -0.510 e. The van der Waals surface area contributed by atoms with Gasteiger partial charge in [0.05, 0.1) is 34.9 Å². The van der Waals surface area contributed by atoms with Crippen LogP contribution in [0.2, 0.25) is 0 Å². The number of benzene rings is 2. The van der Waals surface area contributed by atoms with E-state index in [0.29, 0.717) is 11.4 Å². The van der Waals surface area contributed by atoms with Crippen LogP contribution in [0.5, 0.6) is 5.75 Å². The van der Waals surface area contributed by atoms with E-state index < -0.39 is 38.3 Å². The number of carbonyl (C=O) groups is 1. The molecule has 178 valence electrons. The third-order valence-corrected chi connectivity index (χ3v) is 6.74. The predicted molar refractivity (Wildman–Crippen MR) is 118 cm³/mol. The first kappa shape index (κ1) is 26.1. The average molecular weight is 500 g/mol. The summed E-state index contributed by atoms with van der Waals surface area (Å²) in [6, 6.07) is 11.8. The van der Waals surface area contributed by atoms with Crippen molar-refractivity contribution in [2.75, 3.05) is 23.9 Å². The Labute approximate surface area is 192 Å². The van der Waals surface area contributed by atoms with Crippen molar-refractivity contribution < 1.29 is 41.9 Å². The van der Waals surface area contributed by atoms with E-state index in [4.69, 9.17) is 9.99 Å². The zero-order valence-corrected chi connectivity index (χ0v) is 19.1. The molecule has 1 unspecified atom stereocenters. The smallest absolute Gasteiger partial charge is 0.279 e. The molecule has 2 rings (SSSR count). The first-order chi connectivity index (χ1) is 15.7. The highest BCUT2D eigenvalue weighted by Gasteiger charge is 2.18. The van der Waals surface area contributed by atoms with Gasteiger partial charge in [0.25, 0.3) is 5.91 Å².